The zero-order valence-corrected chi connectivity index (χ0v) is 5.79. The normalized spacial score (nSPS) is 9.55. The van der Waals surface area contributed by atoms with Crippen molar-refractivity contribution in [3.8, 4) is 0 Å². The van der Waals surface area contributed by atoms with Crippen LogP contribution in [0.1, 0.15) is 5.69 Å². The van der Waals surface area contributed by atoms with E-state index >= 15 is 0 Å². The van der Waals surface area contributed by atoms with Gasteiger partial charge < -0.3 is 4.74 Å². The van der Waals surface area contributed by atoms with Crippen molar-refractivity contribution in [1.29, 1.82) is 0 Å². The second kappa shape index (κ2) is 3.00. The molecule has 1 heterocycles. The lowest BCUT2D eigenvalue weighted by Gasteiger charge is -1.90. The number of rotatable bonds is 2. The topological polar surface area (TPSA) is 85.2 Å². The number of ether oxygens (including phenoxy) is 1. The number of methoxy groups -OCH3 is 1. The van der Waals surface area contributed by atoms with E-state index in [-0.39, 0.29) is 12.1 Å². The van der Waals surface area contributed by atoms with Gasteiger partial charge in [0.1, 0.15) is 0 Å². The average Bonchev–Trinajstić information content (AvgIpc) is 2.37. The monoisotopic (exact) mass is 158 g/mol. The number of nitrogens with one attached hydrogen (secondary N) is 1. The van der Waals surface area contributed by atoms with E-state index in [2.05, 4.69) is 14.5 Å². The molecule has 6 nitrogen and oxygen atoms in total. The highest BCUT2D eigenvalue weighted by Crippen LogP contribution is 1.87. The maximum Gasteiger partial charge on any atom is 0.311 e. The molecule has 0 saturated carbocycles. The Hall–Kier alpha value is -1.59. The number of esters is 1. The predicted octanol–water partition coefficient (Wildman–Crippen LogP) is -0.922. The van der Waals surface area contributed by atoms with Gasteiger partial charge in [-0.25, -0.2) is 0 Å². The van der Waals surface area contributed by atoms with E-state index in [9.17, 15) is 9.59 Å². The Kier molecular flexibility index (Phi) is 2.05. The van der Waals surface area contributed by atoms with Crippen LogP contribution >= 0.6 is 0 Å². The zero-order chi connectivity index (χ0) is 8.27. The molecule has 1 N–H and O–H groups in total. The third kappa shape index (κ3) is 1.66. The molecule has 0 saturated heterocycles. The molecule has 1 aromatic heterocycles. The molecule has 0 spiro atoms. The first-order chi connectivity index (χ1) is 5.24. The second-order valence-corrected chi connectivity index (χ2v) is 1.81. The van der Waals surface area contributed by atoms with E-state index in [0.29, 0.717) is 0 Å². The fourth-order valence-electron chi connectivity index (χ4n) is 0.541. The van der Waals surface area contributed by atoms with Crippen LogP contribution in [0.3, 0.4) is 0 Å². The molecule has 0 fully saturated rings. The highest BCUT2D eigenvalue weighted by molar-refractivity contribution is 5.71. The number of hydrogen-bond donors (Lipinski definition) is 1. The molecule has 0 amide bonds. The Morgan fingerprint density at radius 1 is 1.82 bits per heavy atom. The number of nitrogens with zero attached hydrogens (tertiary/aromatic N) is 1. The Morgan fingerprint density at radius 3 is 3.00 bits per heavy atom. The van der Waals surface area contributed by atoms with Crippen molar-refractivity contribution in [2.45, 2.75) is 6.42 Å². The van der Waals surface area contributed by atoms with Crippen LogP contribution in [0.15, 0.2) is 9.42 Å². The number of hydrogen-bond acceptors (Lipinski definition) is 5. The molecule has 60 valence electrons. The summed E-state index contributed by atoms with van der Waals surface area (Å²) in [6, 6.07) is 0. The van der Waals surface area contributed by atoms with E-state index in [4.69, 9.17) is 0 Å². The van der Waals surface area contributed by atoms with Crippen molar-refractivity contribution in [3.05, 3.63) is 16.0 Å². The van der Waals surface area contributed by atoms with Crippen molar-refractivity contribution < 1.29 is 14.2 Å². The first-order valence-corrected chi connectivity index (χ1v) is 2.84. The minimum atomic E-state index is -0.524. The molecule has 0 radical (unpaired) electrons. The minimum Gasteiger partial charge on any atom is -0.469 e. The number of aromatic nitrogens is 2. The number of carbonyl (C=O) groups excluding carboxylic acids is 1. The molecule has 6 heteroatoms. The number of H-pyrrole nitrogens is 1. The largest absolute Gasteiger partial charge is 0.469 e. The van der Waals surface area contributed by atoms with Crippen LogP contribution in [-0.2, 0) is 16.0 Å². The quantitative estimate of drug-likeness (QED) is 0.562. The maximum atomic E-state index is 10.7. The Balaban J connectivity index is 2.72. The SMILES string of the molecule is COC(=O)Cc1no[nH]c1=O. The van der Waals surface area contributed by atoms with Crippen LogP contribution < -0.4 is 5.56 Å². The molecule has 0 bridgehead atoms. The molecule has 0 aliphatic rings. The van der Waals surface area contributed by atoms with E-state index in [1.807, 2.05) is 5.16 Å². The van der Waals surface area contributed by atoms with Gasteiger partial charge in [-0.05, 0) is 0 Å². The lowest BCUT2D eigenvalue weighted by molar-refractivity contribution is -0.139. The van der Waals surface area contributed by atoms with Crippen LogP contribution in [0, 0.1) is 0 Å². The van der Waals surface area contributed by atoms with Gasteiger partial charge in [0.05, 0.1) is 13.5 Å². The van der Waals surface area contributed by atoms with Gasteiger partial charge in [-0.2, -0.15) is 5.16 Å². The predicted molar refractivity (Wildman–Crippen MR) is 32.8 cm³/mol. The van der Waals surface area contributed by atoms with E-state index < -0.39 is 11.5 Å². The van der Waals surface area contributed by atoms with E-state index in [0.717, 1.165) is 0 Å². The van der Waals surface area contributed by atoms with Crippen molar-refractivity contribution in [3.63, 3.8) is 0 Å². The molecule has 0 atom stereocenters. The summed E-state index contributed by atoms with van der Waals surface area (Å²) in [5.41, 5.74) is -0.479. The molecule has 11 heavy (non-hydrogen) atoms. The van der Waals surface area contributed by atoms with Gasteiger partial charge in [0.2, 0.25) is 0 Å². The van der Waals surface area contributed by atoms with Crippen LogP contribution in [0.25, 0.3) is 0 Å². The summed E-state index contributed by atoms with van der Waals surface area (Å²) in [4.78, 5) is 21.2. The molecule has 0 aliphatic heterocycles. The summed E-state index contributed by atoms with van der Waals surface area (Å²) >= 11 is 0. The highest BCUT2D eigenvalue weighted by Gasteiger charge is 2.09. The highest BCUT2D eigenvalue weighted by atomic mass is 16.6. The van der Waals surface area contributed by atoms with Crippen LogP contribution in [0.2, 0.25) is 0 Å². The van der Waals surface area contributed by atoms with Crippen LogP contribution in [-0.4, -0.2) is 23.4 Å². The summed E-state index contributed by atoms with van der Waals surface area (Å²) in [7, 11) is 1.23. The number of carbonyl (C=O) groups is 1. The first-order valence-electron chi connectivity index (χ1n) is 2.84. The van der Waals surface area contributed by atoms with Crippen molar-refractivity contribution >= 4 is 5.97 Å². The summed E-state index contributed by atoms with van der Waals surface area (Å²) in [6.07, 6.45) is -0.164. The molecule has 1 aromatic rings. The summed E-state index contributed by atoms with van der Waals surface area (Å²) in [6.45, 7) is 0. The minimum absolute atomic E-state index is 0.0249. The smallest absolute Gasteiger partial charge is 0.311 e. The fourth-order valence-corrected chi connectivity index (χ4v) is 0.541. The Morgan fingerprint density at radius 2 is 2.55 bits per heavy atom. The van der Waals surface area contributed by atoms with Crippen LogP contribution in [0.4, 0.5) is 0 Å². The standard InChI is InChI=1S/C5H6N2O4/c1-10-4(8)2-3-5(9)7-11-6-3/h2H2,1H3,(H,7,9). The first kappa shape index (κ1) is 7.52. The second-order valence-electron chi connectivity index (χ2n) is 1.81. The molecule has 1 rings (SSSR count). The molecule has 0 aliphatic carbocycles. The Bertz CT molecular complexity index is 299. The van der Waals surface area contributed by atoms with Crippen molar-refractivity contribution in [2.75, 3.05) is 7.11 Å². The van der Waals surface area contributed by atoms with Crippen molar-refractivity contribution in [2.24, 2.45) is 0 Å². The third-order valence-electron chi connectivity index (χ3n) is 1.10. The van der Waals surface area contributed by atoms with Gasteiger partial charge in [0.15, 0.2) is 5.69 Å². The maximum absolute atomic E-state index is 10.7. The van der Waals surface area contributed by atoms with Gasteiger partial charge in [-0.15, -0.1) is 0 Å². The van der Waals surface area contributed by atoms with Crippen molar-refractivity contribution in [1.82, 2.24) is 10.3 Å². The summed E-state index contributed by atoms with van der Waals surface area (Å²) in [5, 5.41) is 5.21. The van der Waals surface area contributed by atoms with Gasteiger partial charge in [-0.3, -0.25) is 14.2 Å². The lowest BCUT2D eigenvalue weighted by Crippen LogP contribution is -2.13. The third-order valence-corrected chi connectivity index (χ3v) is 1.10. The average molecular weight is 158 g/mol. The van der Waals surface area contributed by atoms with Gasteiger partial charge >= 0.3 is 11.5 Å². The molecule has 0 unspecified atom stereocenters. The Labute approximate surface area is 61.1 Å². The molecular formula is C5H6N2O4. The molecular weight excluding hydrogens is 152 g/mol. The van der Waals surface area contributed by atoms with E-state index in [1.54, 1.807) is 0 Å². The fraction of sp³-hybridized carbons (Fsp3) is 0.400. The summed E-state index contributed by atoms with van der Waals surface area (Å²) < 4.78 is 8.50. The van der Waals surface area contributed by atoms with Gasteiger partial charge in [0.25, 0.3) is 0 Å². The summed E-state index contributed by atoms with van der Waals surface area (Å²) in [5.74, 6) is -0.524. The van der Waals surface area contributed by atoms with E-state index in [1.165, 1.54) is 7.11 Å². The zero-order valence-electron chi connectivity index (χ0n) is 5.79. The van der Waals surface area contributed by atoms with Gasteiger partial charge in [-0.1, -0.05) is 5.16 Å². The van der Waals surface area contributed by atoms with Crippen LogP contribution in [0.5, 0.6) is 0 Å². The number of aromatic amines is 1. The van der Waals surface area contributed by atoms with Gasteiger partial charge in [0, 0.05) is 0 Å². The molecule has 0 aromatic carbocycles. The lowest BCUT2D eigenvalue weighted by atomic mass is 10.3.